The molecule has 0 amide bonds. The molecule has 0 aliphatic carbocycles. The van der Waals surface area contributed by atoms with Crippen molar-refractivity contribution in [2.75, 3.05) is 13.2 Å². The van der Waals surface area contributed by atoms with Crippen molar-refractivity contribution in [3.05, 3.63) is 27.8 Å². The van der Waals surface area contributed by atoms with Gasteiger partial charge in [-0.2, -0.15) is 0 Å². The zero-order valence-electron chi connectivity index (χ0n) is 28.7. The molecule has 0 N–H and O–H groups in total. The van der Waals surface area contributed by atoms with Gasteiger partial charge in [-0.1, -0.05) is 0 Å². The number of rotatable bonds is 13. The van der Waals surface area contributed by atoms with E-state index in [1.165, 1.54) is 0 Å². The molecule has 0 unspecified atom stereocenters. The van der Waals surface area contributed by atoms with E-state index in [9.17, 15) is 33.6 Å². The summed E-state index contributed by atoms with van der Waals surface area (Å²) in [5, 5.41) is 0. The molecular formula is C32H39IO18. The van der Waals surface area contributed by atoms with Crippen molar-refractivity contribution in [3.63, 3.8) is 0 Å². The first-order chi connectivity index (χ1) is 23.9. The number of ether oxygens (including phenoxy) is 11. The monoisotopic (exact) mass is 838 g/mol. The summed E-state index contributed by atoms with van der Waals surface area (Å²) in [5.41, 5.74) is 0. The third-order valence-corrected chi connectivity index (χ3v) is 7.67. The molecule has 1 aromatic rings. The molecule has 2 aliphatic heterocycles. The number of hydrogen-bond donors (Lipinski definition) is 0. The molecule has 2 fully saturated rings. The first kappa shape index (κ1) is 41.3. The fraction of sp³-hybridized carbons (Fsp3) is 0.594. The molecule has 0 spiro atoms. The maximum atomic E-state index is 12.5. The molecule has 0 radical (unpaired) electrons. The zero-order valence-corrected chi connectivity index (χ0v) is 30.9. The fourth-order valence-electron chi connectivity index (χ4n) is 5.21. The van der Waals surface area contributed by atoms with Gasteiger partial charge in [0.25, 0.3) is 0 Å². The van der Waals surface area contributed by atoms with Crippen LogP contribution in [0.2, 0.25) is 0 Å². The third-order valence-electron chi connectivity index (χ3n) is 6.95. The lowest BCUT2D eigenvalue weighted by Crippen LogP contribution is -2.67. The first-order valence-electron chi connectivity index (χ1n) is 15.5. The summed E-state index contributed by atoms with van der Waals surface area (Å²) in [7, 11) is 0. The summed E-state index contributed by atoms with van der Waals surface area (Å²) in [6.45, 7) is 6.43. The van der Waals surface area contributed by atoms with Gasteiger partial charge in [-0.05, 0) is 46.9 Å². The Bertz CT molecular complexity index is 1430. The standard InChI is InChI=1S/C32H39IO18/c1-14(34)41-12-23-25(43-16(3)36)27(44-17(4)37)30(47-20(7)40)32(50-23)51-26-24(13-42-15(2)35)49-31(48-22-10-8-21(33)9-11-22)29(46-19(6)39)28(26)45-18(5)38/h8-11,23-32H,12-13H2,1-7H3/t23-,24-,25+,26-,27+,28+,29-,30-,31+,32+/m1/s1. The van der Waals surface area contributed by atoms with E-state index in [4.69, 9.17) is 52.1 Å². The summed E-state index contributed by atoms with van der Waals surface area (Å²) in [6.07, 6.45) is -15.5. The van der Waals surface area contributed by atoms with Gasteiger partial charge in [-0.25, -0.2) is 0 Å². The highest BCUT2D eigenvalue weighted by Gasteiger charge is 2.58. The number of carbonyl (C=O) groups is 7. The molecular weight excluding hydrogens is 799 g/mol. The van der Waals surface area contributed by atoms with Crippen LogP contribution in [-0.2, 0) is 80.9 Å². The smallest absolute Gasteiger partial charge is 0.303 e. The van der Waals surface area contributed by atoms with Gasteiger partial charge in [0, 0.05) is 52.0 Å². The highest BCUT2D eigenvalue weighted by molar-refractivity contribution is 14.1. The molecule has 2 aliphatic rings. The molecule has 3 rings (SSSR count). The van der Waals surface area contributed by atoms with Crippen molar-refractivity contribution >= 4 is 64.4 Å². The van der Waals surface area contributed by atoms with Crippen LogP contribution in [0.5, 0.6) is 5.75 Å². The number of benzene rings is 1. The van der Waals surface area contributed by atoms with Crippen molar-refractivity contribution < 1.29 is 85.7 Å². The minimum absolute atomic E-state index is 0.268. The van der Waals surface area contributed by atoms with Crippen LogP contribution in [0.25, 0.3) is 0 Å². The molecule has 10 atom stereocenters. The summed E-state index contributed by atoms with van der Waals surface area (Å²) in [4.78, 5) is 85.5. The van der Waals surface area contributed by atoms with E-state index in [1.807, 2.05) is 0 Å². The van der Waals surface area contributed by atoms with Gasteiger partial charge in [-0.3, -0.25) is 33.6 Å². The Morgan fingerprint density at radius 3 is 1.33 bits per heavy atom. The average molecular weight is 839 g/mol. The third kappa shape index (κ3) is 12.6. The minimum Gasteiger partial charge on any atom is -0.463 e. The van der Waals surface area contributed by atoms with Gasteiger partial charge >= 0.3 is 41.8 Å². The second-order valence-corrected chi connectivity index (χ2v) is 12.5. The maximum Gasteiger partial charge on any atom is 0.303 e. The van der Waals surface area contributed by atoms with Gasteiger partial charge in [-0.15, -0.1) is 0 Å². The summed E-state index contributed by atoms with van der Waals surface area (Å²) >= 11 is 2.09. The predicted molar refractivity (Wildman–Crippen MR) is 173 cm³/mol. The molecule has 19 heteroatoms. The van der Waals surface area contributed by atoms with Gasteiger partial charge in [0.1, 0.15) is 37.3 Å². The first-order valence-corrected chi connectivity index (χ1v) is 16.5. The molecule has 0 bridgehead atoms. The van der Waals surface area contributed by atoms with E-state index < -0.39 is 116 Å². The number of esters is 7. The van der Waals surface area contributed by atoms with Crippen molar-refractivity contribution in [2.45, 2.75) is 110 Å². The average Bonchev–Trinajstić information content (AvgIpc) is 3.00. The highest BCUT2D eigenvalue weighted by Crippen LogP contribution is 2.36. The van der Waals surface area contributed by atoms with E-state index in [2.05, 4.69) is 22.6 Å². The number of halogens is 1. The van der Waals surface area contributed by atoms with Crippen LogP contribution >= 0.6 is 22.6 Å². The Balaban J connectivity index is 2.16. The van der Waals surface area contributed by atoms with Crippen LogP contribution in [0, 0.1) is 3.57 Å². The summed E-state index contributed by atoms with van der Waals surface area (Å²) in [5.74, 6) is -5.56. The summed E-state index contributed by atoms with van der Waals surface area (Å²) in [6, 6.07) is 6.68. The largest absolute Gasteiger partial charge is 0.463 e. The van der Waals surface area contributed by atoms with Crippen LogP contribution in [-0.4, -0.2) is 116 Å². The molecule has 2 heterocycles. The Kier molecular flexibility index (Phi) is 15.4. The van der Waals surface area contributed by atoms with Crippen LogP contribution < -0.4 is 4.74 Å². The molecule has 0 aromatic heterocycles. The Labute approximate surface area is 306 Å². The quantitative estimate of drug-likeness (QED) is 0.155. The van der Waals surface area contributed by atoms with Crippen LogP contribution in [0.15, 0.2) is 24.3 Å². The molecule has 282 valence electrons. The molecule has 1 aromatic carbocycles. The highest BCUT2D eigenvalue weighted by atomic mass is 127. The lowest BCUT2D eigenvalue weighted by atomic mass is 9.96. The SMILES string of the molecule is CC(=O)OC[C@H]1O[C@@H](O[C@H]2[C@H](OC(C)=O)[C@@H](OC(C)=O)[C@@H](Oc3ccc(I)cc3)O[C@@H]2COC(C)=O)[C@H](OC(C)=O)[C@@H](OC(C)=O)[C@H]1OC(C)=O. The molecule has 0 saturated carbocycles. The van der Waals surface area contributed by atoms with Gasteiger partial charge in [0.15, 0.2) is 30.7 Å². The van der Waals surface area contributed by atoms with E-state index in [-0.39, 0.29) is 5.75 Å². The van der Waals surface area contributed by atoms with E-state index in [1.54, 1.807) is 24.3 Å². The minimum atomic E-state index is -1.79. The van der Waals surface area contributed by atoms with Crippen LogP contribution in [0.1, 0.15) is 48.5 Å². The molecule has 51 heavy (non-hydrogen) atoms. The fourth-order valence-corrected chi connectivity index (χ4v) is 5.57. The Morgan fingerprint density at radius 1 is 0.510 bits per heavy atom. The number of hydrogen-bond acceptors (Lipinski definition) is 18. The topological polar surface area (TPSA) is 221 Å². The van der Waals surface area contributed by atoms with Gasteiger partial charge < -0.3 is 52.1 Å². The van der Waals surface area contributed by atoms with Gasteiger partial charge in [0.2, 0.25) is 12.4 Å². The normalized spacial score (nSPS) is 28.6. The van der Waals surface area contributed by atoms with Crippen molar-refractivity contribution in [1.82, 2.24) is 0 Å². The van der Waals surface area contributed by atoms with Crippen molar-refractivity contribution in [1.29, 1.82) is 0 Å². The lowest BCUT2D eigenvalue weighted by molar-refractivity contribution is -0.354. The lowest BCUT2D eigenvalue weighted by Gasteiger charge is -2.48. The maximum absolute atomic E-state index is 12.5. The van der Waals surface area contributed by atoms with Crippen LogP contribution in [0.3, 0.4) is 0 Å². The van der Waals surface area contributed by atoms with E-state index in [0.29, 0.717) is 0 Å². The van der Waals surface area contributed by atoms with Crippen molar-refractivity contribution in [3.8, 4) is 5.75 Å². The molecule has 18 nitrogen and oxygen atoms in total. The number of carbonyl (C=O) groups excluding carboxylic acids is 7. The summed E-state index contributed by atoms with van der Waals surface area (Å²) < 4.78 is 63.3. The van der Waals surface area contributed by atoms with E-state index >= 15 is 0 Å². The van der Waals surface area contributed by atoms with Crippen molar-refractivity contribution in [2.24, 2.45) is 0 Å². The van der Waals surface area contributed by atoms with Crippen LogP contribution in [0.4, 0.5) is 0 Å². The van der Waals surface area contributed by atoms with Gasteiger partial charge in [0.05, 0.1) is 0 Å². The zero-order chi connectivity index (χ0) is 38.0. The molecule has 2 saturated heterocycles. The van der Waals surface area contributed by atoms with E-state index in [0.717, 1.165) is 52.0 Å². The Hall–Kier alpha value is -4.08. The predicted octanol–water partition coefficient (Wildman–Crippen LogP) is 1.29. The second kappa shape index (κ2) is 19.0. The second-order valence-electron chi connectivity index (χ2n) is 11.2. The Morgan fingerprint density at radius 2 is 0.882 bits per heavy atom.